The Labute approximate surface area is 84.7 Å². The van der Waals surface area contributed by atoms with E-state index in [0.717, 1.165) is 6.20 Å². The SMILES string of the molecule is COc1c(CO)cnc(C(F)F)c1C#N. The van der Waals surface area contributed by atoms with Crippen LogP contribution in [0.2, 0.25) is 0 Å². The number of pyridine rings is 1. The van der Waals surface area contributed by atoms with Gasteiger partial charge in [0, 0.05) is 11.8 Å². The van der Waals surface area contributed by atoms with E-state index in [1.807, 2.05) is 0 Å². The van der Waals surface area contributed by atoms with E-state index in [0.29, 0.717) is 0 Å². The first-order valence-electron chi connectivity index (χ1n) is 4.00. The summed E-state index contributed by atoms with van der Waals surface area (Å²) in [5, 5.41) is 17.6. The van der Waals surface area contributed by atoms with Crippen molar-refractivity contribution in [3.63, 3.8) is 0 Å². The highest BCUT2D eigenvalue weighted by molar-refractivity contribution is 5.50. The first kappa shape index (κ1) is 11.3. The van der Waals surface area contributed by atoms with Gasteiger partial charge in [-0.15, -0.1) is 0 Å². The maximum absolute atomic E-state index is 12.4. The third-order valence-electron chi connectivity index (χ3n) is 1.83. The van der Waals surface area contributed by atoms with Gasteiger partial charge in [0.25, 0.3) is 6.43 Å². The van der Waals surface area contributed by atoms with E-state index in [1.165, 1.54) is 7.11 Å². The van der Waals surface area contributed by atoms with E-state index >= 15 is 0 Å². The van der Waals surface area contributed by atoms with Crippen molar-refractivity contribution in [2.45, 2.75) is 13.0 Å². The molecule has 1 heterocycles. The molecule has 0 aliphatic heterocycles. The minimum atomic E-state index is -2.85. The summed E-state index contributed by atoms with van der Waals surface area (Å²) in [5.74, 6) is -0.0506. The van der Waals surface area contributed by atoms with Crippen LogP contribution >= 0.6 is 0 Å². The van der Waals surface area contributed by atoms with Crippen molar-refractivity contribution in [2.75, 3.05) is 7.11 Å². The van der Waals surface area contributed by atoms with E-state index in [1.54, 1.807) is 6.07 Å². The molecule has 0 saturated heterocycles. The third kappa shape index (κ3) is 2.02. The van der Waals surface area contributed by atoms with Crippen molar-refractivity contribution < 1.29 is 18.6 Å². The zero-order valence-corrected chi connectivity index (χ0v) is 7.87. The van der Waals surface area contributed by atoms with Gasteiger partial charge in [0.1, 0.15) is 23.1 Å². The van der Waals surface area contributed by atoms with Gasteiger partial charge < -0.3 is 9.84 Å². The Morgan fingerprint density at radius 2 is 2.33 bits per heavy atom. The third-order valence-corrected chi connectivity index (χ3v) is 1.83. The second-order valence-corrected chi connectivity index (χ2v) is 2.65. The highest BCUT2D eigenvalue weighted by Crippen LogP contribution is 2.30. The zero-order chi connectivity index (χ0) is 11.4. The number of aliphatic hydroxyl groups is 1. The molecule has 0 spiro atoms. The largest absolute Gasteiger partial charge is 0.495 e. The van der Waals surface area contributed by atoms with E-state index < -0.39 is 18.7 Å². The van der Waals surface area contributed by atoms with Gasteiger partial charge in [0.15, 0.2) is 0 Å². The molecule has 0 unspecified atom stereocenters. The molecule has 0 saturated carbocycles. The molecular weight excluding hydrogens is 206 g/mol. The van der Waals surface area contributed by atoms with Crippen LogP contribution in [0.5, 0.6) is 5.75 Å². The summed E-state index contributed by atoms with van der Waals surface area (Å²) < 4.78 is 29.7. The average molecular weight is 214 g/mol. The van der Waals surface area contributed by atoms with Crippen molar-refractivity contribution in [1.29, 1.82) is 5.26 Å². The number of methoxy groups -OCH3 is 1. The first-order chi connectivity index (χ1) is 7.15. The van der Waals surface area contributed by atoms with Crippen molar-refractivity contribution in [3.8, 4) is 11.8 Å². The van der Waals surface area contributed by atoms with Crippen LogP contribution in [0.3, 0.4) is 0 Å². The second-order valence-electron chi connectivity index (χ2n) is 2.65. The topological polar surface area (TPSA) is 66.1 Å². The fraction of sp³-hybridized carbons (Fsp3) is 0.333. The van der Waals surface area contributed by atoms with E-state index in [9.17, 15) is 8.78 Å². The van der Waals surface area contributed by atoms with Gasteiger partial charge in [-0.05, 0) is 0 Å². The van der Waals surface area contributed by atoms with Crippen LogP contribution in [0.25, 0.3) is 0 Å². The molecule has 1 aromatic rings. The molecule has 1 N–H and O–H groups in total. The summed E-state index contributed by atoms with van der Waals surface area (Å²) in [4.78, 5) is 3.42. The Kier molecular flexibility index (Phi) is 3.52. The molecule has 0 aromatic carbocycles. The monoisotopic (exact) mass is 214 g/mol. The molecule has 1 aromatic heterocycles. The molecular formula is C9H8F2N2O2. The number of hydrogen-bond donors (Lipinski definition) is 1. The average Bonchev–Trinajstić information content (AvgIpc) is 2.26. The van der Waals surface area contributed by atoms with Gasteiger partial charge in [0.05, 0.1) is 13.7 Å². The van der Waals surface area contributed by atoms with Crippen molar-refractivity contribution >= 4 is 0 Å². The number of alkyl halides is 2. The summed E-state index contributed by atoms with van der Waals surface area (Å²) in [6, 6.07) is 1.59. The number of nitriles is 1. The standard InChI is InChI=1S/C9H8F2N2O2/c1-15-8-5(4-14)3-13-7(9(10)11)6(8)2-12/h3,9,14H,4H2,1H3. The molecule has 0 amide bonds. The summed E-state index contributed by atoms with van der Waals surface area (Å²) in [5.41, 5.74) is -0.760. The highest BCUT2D eigenvalue weighted by Gasteiger charge is 2.21. The molecule has 4 nitrogen and oxygen atoms in total. The van der Waals surface area contributed by atoms with Gasteiger partial charge in [-0.25, -0.2) is 8.78 Å². The van der Waals surface area contributed by atoms with E-state index in [2.05, 4.69) is 4.98 Å². The Morgan fingerprint density at radius 3 is 2.73 bits per heavy atom. The number of aliphatic hydroxyl groups excluding tert-OH is 1. The number of ether oxygens (including phenoxy) is 1. The summed E-state index contributed by atoms with van der Waals surface area (Å²) in [6.07, 6.45) is -1.78. The Balaban J connectivity index is 3.43. The molecule has 0 radical (unpaired) electrons. The van der Waals surface area contributed by atoms with E-state index in [4.69, 9.17) is 15.1 Å². The van der Waals surface area contributed by atoms with Crippen LogP contribution in [-0.4, -0.2) is 17.2 Å². The van der Waals surface area contributed by atoms with Gasteiger partial charge >= 0.3 is 0 Å². The van der Waals surface area contributed by atoms with Crippen LogP contribution < -0.4 is 4.74 Å². The minimum Gasteiger partial charge on any atom is -0.495 e. The number of rotatable bonds is 3. The fourth-order valence-corrected chi connectivity index (χ4v) is 1.17. The lowest BCUT2D eigenvalue weighted by Gasteiger charge is -2.10. The lowest BCUT2D eigenvalue weighted by molar-refractivity contribution is 0.145. The molecule has 0 bridgehead atoms. The van der Waals surface area contributed by atoms with Gasteiger partial charge in [-0.1, -0.05) is 0 Å². The molecule has 80 valence electrons. The molecule has 0 atom stereocenters. The summed E-state index contributed by atoms with van der Waals surface area (Å²) >= 11 is 0. The van der Waals surface area contributed by atoms with Crippen molar-refractivity contribution in [3.05, 3.63) is 23.0 Å². The Bertz CT molecular complexity index is 402. The smallest absolute Gasteiger partial charge is 0.281 e. The zero-order valence-electron chi connectivity index (χ0n) is 7.87. The highest BCUT2D eigenvalue weighted by atomic mass is 19.3. The minimum absolute atomic E-state index is 0.0506. The maximum Gasteiger partial charge on any atom is 0.281 e. The number of hydrogen-bond acceptors (Lipinski definition) is 4. The quantitative estimate of drug-likeness (QED) is 0.825. The lowest BCUT2D eigenvalue weighted by atomic mass is 10.1. The molecule has 0 aliphatic carbocycles. The Morgan fingerprint density at radius 1 is 1.67 bits per heavy atom. The summed E-state index contributed by atoms with van der Waals surface area (Å²) in [6.45, 7) is -0.422. The number of halogens is 2. The van der Waals surface area contributed by atoms with Crippen LogP contribution in [0.1, 0.15) is 23.2 Å². The predicted octanol–water partition coefficient (Wildman–Crippen LogP) is 1.39. The van der Waals surface area contributed by atoms with Gasteiger partial charge in [0.2, 0.25) is 0 Å². The molecule has 1 rings (SSSR count). The van der Waals surface area contributed by atoms with Crippen molar-refractivity contribution in [2.24, 2.45) is 0 Å². The molecule has 6 heteroatoms. The predicted molar refractivity (Wildman–Crippen MR) is 46.4 cm³/mol. The van der Waals surface area contributed by atoms with Gasteiger partial charge in [-0.3, -0.25) is 4.98 Å². The van der Waals surface area contributed by atoms with Gasteiger partial charge in [-0.2, -0.15) is 5.26 Å². The van der Waals surface area contributed by atoms with Crippen LogP contribution in [0.15, 0.2) is 6.20 Å². The number of nitrogens with zero attached hydrogens (tertiary/aromatic N) is 2. The lowest BCUT2D eigenvalue weighted by Crippen LogP contribution is -2.03. The fourth-order valence-electron chi connectivity index (χ4n) is 1.17. The molecule has 0 fully saturated rings. The molecule has 15 heavy (non-hydrogen) atoms. The van der Waals surface area contributed by atoms with Crippen LogP contribution in [0.4, 0.5) is 8.78 Å². The number of aromatic nitrogens is 1. The second kappa shape index (κ2) is 4.66. The van der Waals surface area contributed by atoms with E-state index in [-0.39, 0.29) is 16.9 Å². The molecule has 0 aliphatic rings. The van der Waals surface area contributed by atoms with Crippen molar-refractivity contribution in [1.82, 2.24) is 4.98 Å². The van der Waals surface area contributed by atoms with Crippen LogP contribution in [0, 0.1) is 11.3 Å². The first-order valence-corrected chi connectivity index (χ1v) is 4.00. The van der Waals surface area contributed by atoms with Crippen LogP contribution in [-0.2, 0) is 6.61 Å². The Hall–Kier alpha value is -1.74. The summed E-state index contributed by atoms with van der Waals surface area (Å²) in [7, 11) is 1.24. The normalized spacial score (nSPS) is 10.1. The maximum atomic E-state index is 12.4.